The molecule has 2 aromatic rings. The van der Waals surface area contributed by atoms with Crippen molar-refractivity contribution in [3.63, 3.8) is 0 Å². The summed E-state index contributed by atoms with van der Waals surface area (Å²) in [5, 5.41) is 9.25. The van der Waals surface area contributed by atoms with Gasteiger partial charge in [0.05, 0.1) is 12.7 Å². The monoisotopic (exact) mass is 292 g/mol. The fraction of sp³-hybridized carbons (Fsp3) is 0.429. The highest BCUT2D eigenvalue weighted by molar-refractivity contribution is 7.10. The van der Waals surface area contributed by atoms with E-state index in [-0.39, 0.29) is 11.9 Å². The number of carbonyl (C=O) groups excluding carboxylic acids is 1. The minimum atomic E-state index is -0.353. The van der Waals surface area contributed by atoms with E-state index in [9.17, 15) is 4.79 Å². The first kappa shape index (κ1) is 14.7. The first-order chi connectivity index (χ1) is 9.52. The predicted molar refractivity (Wildman–Crippen MR) is 80.5 cm³/mol. The van der Waals surface area contributed by atoms with Gasteiger partial charge in [-0.15, -0.1) is 11.3 Å². The van der Waals surface area contributed by atoms with Gasteiger partial charge < -0.3 is 10.2 Å². The zero-order valence-corrected chi connectivity index (χ0v) is 13.1. The van der Waals surface area contributed by atoms with Crippen LogP contribution < -0.4 is 5.32 Å². The van der Waals surface area contributed by atoms with Gasteiger partial charge in [-0.25, -0.2) is 0 Å². The van der Waals surface area contributed by atoms with Crippen molar-refractivity contribution < 1.29 is 4.79 Å². The summed E-state index contributed by atoms with van der Waals surface area (Å²) in [7, 11) is 5.47. The van der Waals surface area contributed by atoms with E-state index in [0.717, 1.165) is 5.56 Å². The SMILES string of the molecule is CNC(C(=O)N(C)Cc1sccc1C)c1cnn(C)c1. The number of nitrogens with zero attached hydrogens (tertiary/aromatic N) is 3. The molecule has 0 saturated carbocycles. The van der Waals surface area contributed by atoms with Gasteiger partial charge in [-0.3, -0.25) is 9.48 Å². The minimum Gasteiger partial charge on any atom is -0.339 e. The Bertz CT molecular complexity index is 590. The van der Waals surface area contributed by atoms with Gasteiger partial charge in [0.15, 0.2) is 0 Å². The maximum Gasteiger partial charge on any atom is 0.244 e. The molecule has 1 atom stereocenters. The molecule has 0 radical (unpaired) electrons. The number of carbonyl (C=O) groups is 1. The lowest BCUT2D eigenvalue weighted by Crippen LogP contribution is -2.37. The summed E-state index contributed by atoms with van der Waals surface area (Å²) < 4.78 is 1.70. The second-order valence-electron chi connectivity index (χ2n) is 4.89. The molecule has 0 spiro atoms. The van der Waals surface area contributed by atoms with Crippen LogP contribution in [0.3, 0.4) is 0 Å². The van der Waals surface area contributed by atoms with Gasteiger partial charge in [-0.1, -0.05) is 0 Å². The van der Waals surface area contributed by atoms with Crippen molar-refractivity contribution in [2.24, 2.45) is 7.05 Å². The molecule has 20 heavy (non-hydrogen) atoms. The van der Waals surface area contributed by atoms with Crippen LogP contribution >= 0.6 is 11.3 Å². The van der Waals surface area contributed by atoms with Crippen molar-refractivity contribution in [1.82, 2.24) is 20.0 Å². The Kier molecular flexibility index (Phi) is 4.57. The topological polar surface area (TPSA) is 50.2 Å². The first-order valence-corrected chi connectivity index (χ1v) is 7.34. The number of amides is 1. The molecule has 0 aliphatic carbocycles. The first-order valence-electron chi connectivity index (χ1n) is 6.46. The van der Waals surface area contributed by atoms with Crippen LogP contribution in [0.1, 0.15) is 22.0 Å². The zero-order chi connectivity index (χ0) is 14.7. The minimum absolute atomic E-state index is 0.0494. The second kappa shape index (κ2) is 6.19. The van der Waals surface area contributed by atoms with Crippen LogP contribution in [0.25, 0.3) is 0 Å². The van der Waals surface area contributed by atoms with Gasteiger partial charge in [0, 0.05) is 30.7 Å². The number of rotatable bonds is 5. The third-order valence-corrected chi connectivity index (χ3v) is 4.33. The number of aryl methyl sites for hydroxylation is 2. The second-order valence-corrected chi connectivity index (χ2v) is 5.89. The maximum absolute atomic E-state index is 12.6. The lowest BCUT2D eigenvalue weighted by Gasteiger charge is -2.22. The van der Waals surface area contributed by atoms with Gasteiger partial charge in [0.2, 0.25) is 5.91 Å². The fourth-order valence-corrected chi connectivity index (χ4v) is 3.06. The van der Waals surface area contributed by atoms with Gasteiger partial charge in [-0.05, 0) is 31.0 Å². The molecule has 1 unspecified atom stereocenters. The summed E-state index contributed by atoms with van der Waals surface area (Å²) >= 11 is 1.68. The van der Waals surface area contributed by atoms with E-state index in [2.05, 4.69) is 28.8 Å². The highest BCUT2D eigenvalue weighted by atomic mass is 32.1. The van der Waals surface area contributed by atoms with Gasteiger partial charge in [0.1, 0.15) is 6.04 Å². The Labute approximate surface area is 123 Å². The average Bonchev–Trinajstić information content (AvgIpc) is 3.00. The molecule has 0 fully saturated rings. The number of hydrogen-bond donors (Lipinski definition) is 1. The van der Waals surface area contributed by atoms with E-state index >= 15 is 0 Å². The Morgan fingerprint density at radius 1 is 1.60 bits per heavy atom. The highest BCUT2D eigenvalue weighted by Crippen LogP contribution is 2.20. The molecule has 0 aliphatic heterocycles. The van der Waals surface area contributed by atoms with Gasteiger partial charge >= 0.3 is 0 Å². The fourth-order valence-electron chi connectivity index (χ4n) is 2.10. The molecule has 1 amide bonds. The number of hydrogen-bond acceptors (Lipinski definition) is 4. The summed E-state index contributed by atoms with van der Waals surface area (Å²) in [4.78, 5) is 15.5. The molecule has 0 bridgehead atoms. The Hall–Kier alpha value is -1.66. The van der Waals surface area contributed by atoms with Crippen LogP contribution in [0.4, 0.5) is 0 Å². The van der Waals surface area contributed by atoms with Gasteiger partial charge in [-0.2, -0.15) is 5.10 Å². The van der Waals surface area contributed by atoms with Crippen LogP contribution in [-0.4, -0.2) is 34.7 Å². The molecule has 0 aromatic carbocycles. The molecular formula is C14H20N4OS. The molecule has 0 saturated heterocycles. The van der Waals surface area contributed by atoms with Crippen LogP contribution in [0, 0.1) is 6.92 Å². The Balaban J connectivity index is 2.10. The van der Waals surface area contributed by atoms with Crippen LogP contribution in [0.5, 0.6) is 0 Å². The van der Waals surface area contributed by atoms with Crippen molar-refractivity contribution in [3.8, 4) is 0 Å². The number of aromatic nitrogens is 2. The van der Waals surface area contributed by atoms with E-state index in [0.29, 0.717) is 6.54 Å². The van der Waals surface area contributed by atoms with Crippen LogP contribution in [0.2, 0.25) is 0 Å². The normalized spacial score (nSPS) is 12.4. The molecule has 2 aromatic heterocycles. The molecular weight excluding hydrogens is 272 g/mol. The molecule has 5 nitrogen and oxygen atoms in total. The summed E-state index contributed by atoms with van der Waals surface area (Å²) in [6, 6.07) is 1.73. The van der Waals surface area contributed by atoms with Crippen molar-refractivity contribution in [1.29, 1.82) is 0 Å². The third kappa shape index (κ3) is 3.08. The highest BCUT2D eigenvalue weighted by Gasteiger charge is 2.24. The summed E-state index contributed by atoms with van der Waals surface area (Å²) in [6.45, 7) is 2.71. The van der Waals surface area contributed by atoms with E-state index in [1.54, 1.807) is 34.2 Å². The Morgan fingerprint density at radius 2 is 2.35 bits per heavy atom. The van der Waals surface area contributed by atoms with Gasteiger partial charge in [0.25, 0.3) is 0 Å². The molecule has 1 N–H and O–H groups in total. The largest absolute Gasteiger partial charge is 0.339 e. The van der Waals surface area contributed by atoms with E-state index in [4.69, 9.17) is 0 Å². The summed E-state index contributed by atoms with van der Waals surface area (Å²) in [5.41, 5.74) is 2.12. The van der Waals surface area contributed by atoms with E-state index in [1.807, 2.05) is 20.3 Å². The lowest BCUT2D eigenvalue weighted by molar-refractivity contribution is -0.132. The number of nitrogens with one attached hydrogen (secondary N) is 1. The standard InChI is InChI=1S/C14H20N4OS/c1-10-5-6-20-12(10)9-17(3)14(19)13(15-2)11-7-16-18(4)8-11/h5-8,13,15H,9H2,1-4H3. The number of likely N-dealkylation sites (N-methyl/N-ethyl adjacent to an activating group) is 2. The maximum atomic E-state index is 12.6. The smallest absolute Gasteiger partial charge is 0.244 e. The molecule has 2 rings (SSSR count). The predicted octanol–water partition coefficient (Wildman–Crippen LogP) is 1.71. The molecule has 2 heterocycles. The lowest BCUT2D eigenvalue weighted by atomic mass is 10.1. The quantitative estimate of drug-likeness (QED) is 0.912. The third-order valence-electron chi connectivity index (χ3n) is 3.32. The number of thiophene rings is 1. The van der Waals surface area contributed by atoms with E-state index in [1.165, 1.54) is 10.4 Å². The van der Waals surface area contributed by atoms with Crippen molar-refractivity contribution in [2.45, 2.75) is 19.5 Å². The molecule has 0 aliphatic rings. The van der Waals surface area contributed by atoms with Crippen LogP contribution in [0.15, 0.2) is 23.8 Å². The Morgan fingerprint density at radius 3 is 2.85 bits per heavy atom. The average molecular weight is 292 g/mol. The van der Waals surface area contributed by atoms with Crippen molar-refractivity contribution in [3.05, 3.63) is 39.8 Å². The summed E-state index contributed by atoms with van der Waals surface area (Å²) in [5.74, 6) is 0.0494. The van der Waals surface area contributed by atoms with Crippen molar-refractivity contribution >= 4 is 17.2 Å². The molecule has 108 valence electrons. The van der Waals surface area contributed by atoms with Crippen molar-refractivity contribution in [2.75, 3.05) is 14.1 Å². The molecule has 6 heteroatoms. The summed E-state index contributed by atoms with van der Waals surface area (Å²) in [6.07, 6.45) is 3.59. The van der Waals surface area contributed by atoms with Crippen LogP contribution in [-0.2, 0) is 18.4 Å². The van der Waals surface area contributed by atoms with E-state index < -0.39 is 0 Å². The zero-order valence-electron chi connectivity index (χ0n) is 12.3.